The molecule has 3 atom stereocenters. The quantitative estimate of drug-likeness (QED) is 0.814. The van der Waals surface area contributed by atoms with Gasteiger partial charge in [-0.2, -0.15) is 0 Å². The van der Waals surface area contributed by atoms with Crippen LogP contribution in [-0.4, -0.2) is 23.5 Å². The molecule has 2 rings (SSSR count). The van der Waals surface area contributed by atoms with Crippen LogP contribution in [0.1, 0.15) is 37.5 Å². The molecular weight excluding hydrogens is 242 g/mol. The van der Waals surface area contributed by atoms with Crippen LogP contribution in [0.15, 0.2) is 18.2 Å². The molecular formula is C15H21NO3. The van der Waals surface area contributed by atoms with Crippen molar-refractivity contribution in [1.29, 1.82) is 0 Å². The third-order valence-electron chi connectivity index (χ3n) is 3.55. The zero-order chi connectivity index (χ0) is 14.0. The summed E-state index contributed by atoms with van der Waals surface area (Å²) < 4.78 is 5.75. The molecule has 0 aromatic heterocycles. The fourth-order valence-corrected chi connectivity index (χ4v) is 2.68. The van der Waals surface area contributed by atoms with Crippen LogP contribution < -0.4 is 5.73 Å². The highest BCUT2D eigenvalue weighted by Gasteiger charge is 2.32. The lowest BCUT2D eigenvalue weighted by molar-refractivity contribution is -0.125. The molecule has 4 nitrogen and oxygen atoms in total. The Hall–Kier alpha value is -1.39. The maximum absolute atomic E-state index is 11.2. The number of phenolic OH excluding ortho intramolecular Hbond substituents is 1. The average Bonchev–Trinajstić information content (AvgIpc) is 2.36. The zero-order valence-electron chi connectivity index (χ0n) is 11.4. The number of aldehydes is 1. The van der Waals surface area contributed by atoms with Crippen molar-refractivity contribution < 1.29 is 14.6 Å². The Balaban J connectivity index is 2.24. The molecule has 104 valence electrons. The highest BCUT2D eigenvalue weighted by molar-refractivity contribution is 5.64. The second kappa shape index (κ2) is 5.72. The first kappa shape index (κ1) is 14.0. The molecule has 1 unspecified atom stereocenters. The summed E-state index contributed by atoms with van der Waals surface area (Å²) in [7, 11) is 0. The Kier molecular flexibility index (Phi) is 4.22. The molecule has 0 radical (unpaired) electrons. The van der Waals surface area contributed by atoms with E-state index in [0.717, 1.165) is 18.3 Å². The van der Waals surface area contributed by atoms with Crippen LogP contribution in [0.5, 0.6) is 5.75 Å². The molecule has 0 amide bonds. The number of hydrogen-bond acceptors (Lipinski definition) is 4. The summed E-state index contributed by atoms with van der Waals surface area (Å²) in [4.78, 5) is 11.2. The first-order valence-corrected chi connectivity index (χ1v) is 6.70. The van der Waals surface area contributed by atoms with Gasteiger partial charge in [0.2, 0.25) is 0 Å². The maximum atomic E-state index is 11.2. The molecule has 0 bridgehead atoms. The summed E-state index contributed by atoms with van der Waals surface area (Å²) in [6, 6.07) is 5.18. The number of fused-ring (bicyclic) bond motifs is 1. The molecule has 1 heterocycles. The molecule has 0 saturated heterocycles. The summed E-state index contributed by atoms with van der Waals surface area (Å²) in [6.07, 6.45) is 1.33. The molecule has 4 heteroatoms. The predicted octanol–water partition coefficient (Wildman–Crippen LogP) is 1.95. The van der Waals surface area contributed by atoms with Gasteiger partial charge >= 0.3 is 0 Å². The average molecular weight is 263 g/mol. The predicted molar refractivity (Wildman–Crippen MR) is 72.9 cm³/mol. The van der Waals surface area contributed by atoms with Gasteiger partial charge in [0.05, 0.1) is 6.10 Å². The molecule has 1 aliphatic heterocycles. The van der Waals surface area contributed by atoms with E-state index in [0.29, 0.717) is 17.9 Å². The highest BCUT2D eigenvalue weighted by Crippen LogP contribution is 2.36. The number of rotatable bonds is 4. The Bertz CT molecular complexity index is 459. The minimum absolute atomic E-state index is 0.0991. The van der Waals surface area contributed by atoms with E-state index in [1.165, 1.54) is 0 Å². The summed E-state index contributed by atoms with van der Waals surface area (Å²) in [5.41, 5.74) is 7.70. The van der Waals surface area contributed by atoms with E-state index >= 15 is 0 Å². The second-order valence-corrected chi connectivity index (χ2v) is 5.58. The van der Waals surface area contributed by atoms with E-state index in [1.807, 2.05) is 6.07 Å². The van der Waals surface area contributed by atoms with Gasteiger partial charge < -0.3 is 20.4 Å². The Morgan fingerprint density at radius 1 is 1.53 bits per heavy atom. The van der Waals surface area contributed by atoms with Crippen molar-refractivity contribution in [1.82, 2.24) is 0 Å². The van der Waals surface area contributed by atoms with E-state index in [-0.39, 0.29) is 17.9 Å². The number of aromatic hydroxyl groups is 1. The van der Waals surface area contributed by atoms with Crippen molar-refractivity contribution in [3.05, 3.63) is 29.3 Å². The third kappa shape index (κ3) is 2.96. The molecule has 0 spiro atoms. The van der Waals surface area contributed by atoms with E-state index in [9.17, 15) is 9.90 Å². The van der Waals surface area contributed by atoms with Crippen molar-refractivity contribution in [2.24, 2.45) is 11.7 Å². The lowest BCUT2D eigenvalue weighted by Gasteiger charge is -2.34. The van der Waals surface area contributed by atoms with E-state index in [4.69, 9.17) is 10.5 Å². The molecule has 1 aromatic rings. The lowest BCUT2D eigenvalue weighted by atomic mass is 9.89. The minimum atomic E-state index is -0.715. The molecule has 3 N–H and O–H groups in total. The molecule has 0 fully saturated rings. The van der Waals surface area contributed by atoms with Gasteiger partial charge in [0.1, 0.15) is 11.9 Å². The number of ether oxygens (including phenoxy) is 1. The number of carbonyl (C=O) groups is 1. The van der Waals surface area contributed by atoms with Gasteiger partial charge in [0.25, 0.3) is 0 Å². The molecule has 1 aromatic carbocycles. The normalized spacial score (nSPS) is 24.0. The molecule has 19 heavy (non-hydrogen) atoms. The zero-order valence-corrected chi connectivity index (χ0v) is 11.4. The summed E-state index contributed by atoms with van der Waals surface area (Å²) in [5.74, 6) is 0.601. The topological polar surface area (TPSA) is 72.5 Å². The van der Waals surface area contributed by atoms with Crippen LogP contribution in [0.3, 0.4) is 0 Å². The molecule has 0 saturated carbocycles. The number of phenols is 1. The van der Waals surface area contributed by atoms with Gasteiger partial charge in [-0.1, -0.05) is 26.0 Å². The standard InChI is InChI=1S/C15H21NO3/c1-9(2)6-11(16)13-7-10-4-3-5-12(18)15(10)14(8-17)19-13/h3-5,8-9,11,13-14,18H,6-7,16H2,1-2H3/t11-,13-,14?/m0/s1. The largest absolute Gasteiger partial charge is 0.508 e. The van der Waals surface area contributed by atoms with Crippen LogP contribution in [0.25, 0.3) is 0 Å². The van der Waals surface area contributed by atoms with Crippen molar-refractivity contribution in [3.8, 4) is 5.75 Å². The van der Waals surface area contributed by atoms with Crippen molar-refractivity contribution in [2.75, 3.05) is 0 Å². The number of benzene rings is 1. The summed E-state index contributed by atoms with van der Waals surface area (Å²) >= 11 is 0. The van der Waals surface area contributed by atoms with Crippen LogP contribution in [0.2, 0.25) is 0 Å². The van der Waals surface area contributed by atoms with Crippen LogP contribution in [0, 0.1) is 5.92 Å². The monoisotopic (exact) mass is 263 g/mol. The third-order valence-corrected chi connectivity index (χ3v) is 3.55. The Labute approximate surface area is 113 Å². The highest BCUT2D eigenvalue weighted by atomic mass is 16.5. The Morgan fingerprint density at radius 3 is 2.89 bits per heavy atom. The fraction of sp³-hybridized carbons (Fsp3) is 0.533. The second-order valence-electron chi connectivity index (χ2n) is 5.58. The van der Waals surface area contributed by atoms with Gasteiger partial charge in [-0.15, -0.1) is 0 Å². The first-order chi connectivity index (χ1) is 9.02. The molecule has 1 aliphatic rings. The van der Waals surface area contributed by atoms with Crippen molar-refractivity contribution in [3.63, 3.8) is 0 Å². The van der Waals surface area contributed by atoms with E-state index < -0.39 is 6.10 Å². The van der Waals surface area contributed by atoms with Crippen molar-refractivity contribution in [2.45, 2.75) is 44.9 Å². The van der Waals surface area contributed by atoms with Gasteiger partial charge in [-0.3, -0.25) is 0 Å². The maximum Gasteiger partial charge on any atom is 0.153 e. The fourth-order valence-electron chi connectivity index (χ4n) is 2.68. The number of hydrogen-bond donors (Lipinski definition) is 2. The first-order valence-electron chi connectivity index (χ1n) is 6.70. The minimum Gasteiger partial charge on any atom is -0.508 e. The van der Waals surface area contributed by atoms with E-state index in [1.54, 1.807) is 12.1 Å². The lowest BCUT2D eigenvalue weighted by Crippen LogP contribution is -2.42. The van der Waals surface area contributed by atoms with Gasteiger partial charge in [0.15, 0.2) is 6.29 Å². The SMILES string of the molecule is CC(C)C[C@H](N)[C@@H]1Cc2cccc(O)c2C(C=O)O1. The smallest absolute Gasteiger partial charge is 0.153 e. The summed E-state index contributed by atoms with van der Waals surface area (Å²) in [6.45, 7) is 4.22. The van der Waals surface area contributed by atoms with Gasteiger partial charge in [0, 0.05) is 18.0 Å². The van der Waals surface area contributed by atoms with Gasteiger partial charge in [-0.25, -0.2) is 0 Å². The van der Waals surface area contributed by atoms with Crippen LogP contribution >= 0.6 is 0 Å². The Morgan fingerprint density at radius 2 is 2.26 bits per heavy atom. The van der Waals surface area contributed by atoms with E-state index in [2.05, 4.69) is 13.8 Å². The van der Waals surface area contributed by atoms with Crippen LogP contribution in [0.4, 0.5) is 0 Å². The number of nitrogens with two attached hydrogens (primary N) is 1. The van der Waals surface area contributed by atoms with Crippen molar-refractivity contribution >= 4 is 6.29 Å². The molecule has 0 aliphatic carbocycles. The summed E-state index contributed by atoms with van der Waals surface area (Å²) in [5, 5.41) is 9.86. The van der Waals surface area contributed by atoms with Gasteiger partial charge in [-0.05, 0) is 24.0 Å². The number of carbonyl (C=O) groups excluding carboxylic acids is 1. The van der Waals surface area contributed by atoms with Crippen LogP contribution in [-0.2, 0) is 16.0 Å².